The lowest BCUT2D eigenvalue weighted by Crippen LogP contribution is -2.22. The van der Waals surface area contributed by atoms with Gasteiger partial charge < -0.3 is 20.5 Å². The summed E-state index contributed by atoms with van der Waals surface area (Å²) < 4.78 is 33.3. The summed E-state index contributed by atoms with van der Waals surface area (Å²) in [6, 6.07) is 8.76. The van der Waals surface area contributed by atoms with Crippen molar-refractivity contribution in [2.45, 2.75) is 17.7 Å². The summed E-state index contributed by atoms with van der Waals surface area (Å²) in [5, 5.41) is 16.7. The standard InChI is InChI=1S/C19H23N5O4S2/c1-13-10-21-19(24-18(13)20-7-8-25)23-15-9-17(29-12-15)30(26,27)22-11-14-5-3-4-6-16(14)28-2/h3-6,9-10,12,22,25H,7-8,11H2,1-2H3,(H2,20,21,23,24). The number of aliphatic hydroxyl groups is 1. The van der Waals surface area contributed by atoms with Crippen LogP contribution in [-0.2, 0) is 16.6 Å². The van der Waals surface area contributed by atoms with Crippen LogP contribution < -0.4 is 20.1 Å². The molecule has 0 saturated heterocycles. The number of nitrogens with one attached hydrogen (secondary N) is 3. The lowest BCUT2D eigenvalue weighted by molar-refractivity contribution is 0.311. The number of ether oxygens (including phenoxy) is 1. The van der Waals surface area contributed by atoms with E-state index in [1.54, 1.807) is 30.8 Å². The molecule has 0 saturated carbocycles. The van der Waals surface area contributed by atoms with Gasteiger partial charge in [-0.05, 0) is 19.1 Å². The zero-order chi connectivity index (χ0) is 21.6. The number of rotatable bonds is 10. The largest absolute Gasteiger partial charge is 0.496 e. The van der Waals surface area contributed by atoms with Crippen molar-refractivity contribution in [2.75, 3.05) is 30.9 Å². The molecule has 0 aliphatic heterocycles. The number of nitrogens with zero attached hydrogens (tertiary/aromatic N) is 2. The fraction of sp³-hybridized carbons (Fsp3) is 0.263. The van der Waals surface area contributed by atoms with Crippen molar-refractivity contribution in [3.63, 3.8) is 0 Å². The fourth-order valence-electron chi connectivity index (χ4n) is 2.60. The van der Waals surface area contributed by atoms with Crippen LogP contribution in [-0.4, -0.2) is 43.8 Å². The van der Waals surface area contributed by atoms with Gasteiger partial charge in [0.05, 0.1) is 19.4 Å². The second-order valence-electron chi connectivity index (χ2n) is 6.29. The second-order valence-corrected chi connectivity index (χ2v) is 9.20. The van der Waals surface area contributed by atoms with E-state index in [0.717, 1.165) is 22.5 Å². The van der Waals surface area contributed by atoms with Gasteiger partial charge in [0.2, 0.25) is 16.0 Å². The Morgan fingerprint density at radius 2 is 2.07 bits per heavy atom. The summed E-state index contributed by atoms with van der Waals surface area (Å²) >= 11 is 1.09. The van der Waals surface area contributed by atoms with Gasteiger partial charge in [0, 0.05) is 35.8 Å². The molecule has 3 rings (SSSR count). The van der Waals surface area contributed by atoms with Crippen LogP contribution in [0.4, 0.5) is 17.5 Å². The van der Waals surface area contributed by atoms with E-state index in [-0.39, 0.29) is 17.4 Å². The highest BCUT2D eigenvalue weighted by atomic mass is 32.2. The van der Waals surface area contributed by atoms with Crippen LogP contribution in [0.3, 0.4) is 0 Å². The fourth-order valence-corrected chi connectivity index (χ4v) is 4.76. The van der Waals surface area contributed by atoms with E-state index in [1.165, 1.54) is 6.07 Å². The Morgan fingerprint density at radius 1 is 1.27 bits per heavy atom. The van der Waals surface area contributed by atoms with Gasteiger partial charge >= 0.3 is 0 Å². The average molecular weight is 450 g/mol. The summed E-state index contributed by atoms with van der Waals surface area (Å²) in [5.41, 5.74) is 2.15. The third-order valence-corrected chi connectivity index (χ3v) is 6.96. The summed E-state index contributed by atoms with van der Waals surface area (Å²) in [7, 11) is -2.15. The smallest absolute Gasteiger partial charge is 0.250 e. The molecule has 0 atom stereocenters. The predicted molar refractivity (Wildman–Crippen MR) is 117 cm³/mol. The van der Waals surface area contributed by atoms with Crippen LogP contribution in [0.2, 0.25) is 0 Å². The first kappa shape index (κ1) is 22.0. The number of anilines is 3. The number of aromatic nitrogens is 2. The molecule has 0 radical (unpaired) electrons. The Kier molecular flexibility index (Phi) is 7.21. The van der Waals surface area contributed by atoms with Gasteiger partial charge in [-0.3, -0.25) is 0 Å². The van der Waals surface area contributed by atoms with Gasteiger partial charge in [0.1, 0.15) is 15.8 Å². The van der Waals surface area contributed by atoms with Gasteiger partial charge in [-0.25, -0.2) is 18.1 Å². The Balaban J connectivity index is 1.69. The van der Waals surface area contributed by atoms with Gasteiger partial charge in [0.15, 0.2) is 0 Å². The minimum Gasteiger partial charge on any atom is -0.496 e. The molecule has 0 spiro atoms. The van der Waals surface area contributed by atoms with E-state index in [0.29, 0.717) is 29.7 Å². The number of methoxy groups -OCH3 is 1. The first-order valence-corrected chi connectivity index (χ1v) is 11.4. The number of hydrogen-bond acceptors (Lipinski definition) is 9. The Labute approximate surface area is 179 Å². The van der Waals surface area contributed by atoms with E-state index >= 15 is 0 Å². The van der Waals surface area contributed by atoms with Crippen LogP contribution in [0, 0.1) is 6.92 Å². The molecule has 2 heterocycles. The molecule has 9 nitrogen and oxygen atoms in total. The quantitative estimate of drug-likeness (QED) is 0.372. The number of para-hydroxylation sites is 1. The number of thiophene rings is 1. The average Bonchev–Trinajstić information content (AvgIpc) is 3.22. The highest BCUT2D eigenvalue weighted by molar-refractivity contribution is 7.91. The van der Waals surface area contributed by atoms with Crippen molar-refractivity contribution in [3.8, 4) is 5.75 Å². The second kappa shape index (κ2) is 9.85. The number of benzene rings is 1. The Hall–Kier alpha value is -2.73. The zero-order valence-corrected chi connectivity index (χ0v) is 18.2. The molecular weight excluding hydrogens is 426 g/mol. The van der Waals surface area contributed by atoms with E-state index in [4.69, 9.17) is 9.84 Å². The maximum Gasteiger partial charge on any atom is 0.250 e. The molecule has 0 bridgehead atoms. The molecule has 1 aromatic carbocycles. The van der Waals surface area contributed by atoms with Crippen LogP contribution in [0.1, 0.15) is 11.1 Å². The lowest BCUT2D eigenvalue weighted by Gasteiger charge is -2.09. The third-order valence-electron chi connectivity index (χ3n) is 4.12. The Bertz CT molecular complexity index is 1100. The van der Waals surface area contributed by atoms with Crippen molar-refractivity contribution in [2.24, 2.45) is 0 Å². The van der Waals surface area contributed by atoms with Crippen molar-refractivity contribution in [3.05, 3.63) is 53.0 Å². The Morgan fingerprint density at radius 3 is 2.83 bits per heavy atom. The molecule has 4 N–H and O–H groups in total. The summed E-state index contributed by atoms with van der Waals surface area (Å²) in [6.45, 7) is 2.33. The predicted octanol–water partition coefficient (Wildman–Crippen LogP) is 2.48. The maximum absolute atomic E-state index is 12.7. The van der Waals surface area contributed by atoms with Gasteiger partial charge in [0.25, 0.3) is 0 Å². The van der Waals surface area contributed by atoms with Crippen molar-refractivity contribution < 1.29 is 18.3 Å². The first-order valence-electron chi connectivity index (χ1n) is 9.08. The van der Waals surface area contributed by atoms with Crippen molar-refractivity contribution >= 4 is 38.8 Å². The number of hydrogen-bond donors (Lipinski definition) is 4. The van der Waals surface area contributed by atoms with E-state index < -0.39 is 10.0 Å². The van der Waals surface area contributed by atoms with Crippen LogP contribution in [0.25, 0.3) is 0 Å². The van der Waals surface area contributed by atoms with E-state index in [2.05, 4.69) is 25.3 Å². The van der Waals surface area contributed by atoms with Gasteiger partial charge in [-0.1, -0.05) is 18.2 Å². The molecule has 0 unspecified atom stereocenters. The minimum absolute atomic E-state index is 0.0141. The van der Waals surface area contributed by atoms with Gasteiger partial charge in [-0.2, -0.15) is 4.98 Å². The monoisotopic (exact) mass is 449 g/mol. The molecule has 0 fully saturated rings. The summed E-state index contributed by atoms with van der Waals surface area (Å²) in [5.74, 6) is 1.55. The topological polar surface area (TPSA) is 125 Å². The molecule has 0 aliphatic carbocycles. The van der Waals surface area contributed by atoms with E-state index in [1.807, 2.05) is 19.1 Å². The van der Waals surface area contributed by atoms with Gasteiger partial charge in [-0.15, -0.1) is 11.3 Å². The minimum atomic E-state index is -3.69. The lowest BCUT2D eigenvalue weighted by atomic mass is 10.2. The summed E-state index contributed by atoms with van der Waals surface area (Å²) in [6.07, 6.45) is 1.65. The number of aliphatic hydroxyl groups excluding tert-OH is 1. The molecule has 2 aromatic heterocycles. The third kappa shape index (κ3) is 5.45. The van der Waals surface area contributed by atoms with Crippen LogP contribution >= 0.6 is 11.3 Å². The number of sulfonamides is 1. The van der Waals surface area contributed by atoms with E-state index in [9.17, 15) is 8.42 Å². The maximum atomic E-state index is 12.7. The first-order chi connectivity index (χ1) is 14.4. The zero-order valence-electron chi connectivity index (χ0n) is 16.5. The highest BCUT2D eigenvalue weighted by Gasteiger charge is 2.18. The van der Waals surface area contributed by atoms with Crippen LogP contribution in [0.5, 0.6) is 5.75 Å². The molecule has 0 aliphatic rings. The molecule has 30 heavy (non-hydrogen) atoms. The summed E-state index contributed by atoms with van der Waals surface area (Å²) in [4.78, 5) is 8.56. The molecular formula is C19H23N5O4S2. The van der Waals surface area contributed by atoms with Crippen molar-refractivity contribution in [1.29, 1.82) is 0 Å². The number of aryl methyl sites for hydroxylation is 1. The normalized spacial score (nSPS) is 11.3. The molecule has 3 aromatic rings. The SMILES string of the molecule is COc1ccccc1CNS(=O)(=O)c1cc(Nc2ncc(C)c(NCCO)n2)cs1. The molecule has 0 amide bonds. The highest BCUT2D eigenvalue weighted by Crippen LogP contribution is 2.27. The molecule has 160 valence electrons. The molecule has 11 heteroatoms. The van der Waals surface area contributed by atoms with Crippen LogP contribution in [0.15, 0.2) is 46.1 Å². The van der Waals surface area contributed by atoms with Crippen molar-refractivity contribution in [1.82, 2.24) is 14.7 Å².